The van der Waals surface area contributed by atoms with Crippen LogP contribution in [0.5, 0.6) is 11.5 Å². The minimum Gasteiger partial charge on any atom is -0.490 e. The second kappa shape index (κ2) is 6.97. The van der Waals surface area contributed by atoms with Crippen molar-refractivity contribution in [2.24, 2.45) is 7.05 Å². The molecule has 1 heterocycles. The molecule has 0 saturated heterocycles. The Morgan fingerprint density at radius 3 is 2.43 bits per heavy atom. The zero-order valence-corrected chi connectivity index (χ0v) is 13.0. The highest BCUT2D eigenvalue weighted by molar-refractivity contribution is 5.54. The second-order valence-electron chi connectivity index (χ2n) is 4.60. The molecule has 21 heavy (non-hydrogen) atoms. The van der Waals surface area contributed by atoms with Crippen LogP contribution in [0.25, 0.3) is 0 Å². The van der Waals surface area contributed by atoms with Crippen LogP contribution in [-0.4, -0.2) is 28.0 Å². The lowest BCUT2D eigenvalue weighted by molar-refractivity contribution is 0.288. The fraction of sp³-hybridized carbons (Fsp3) is 0.467. The highest BCUT2D eigenvalue weighted by Gasteiger charge is 2.08. The van der Waals surface area contributed by atoms with Crippen molar-refractivity contribution in [1.82, 2.24) is 14.8 Å². The van der Waals surface area contributed by atoms with E-state index in [1.54, 1.807) is 0 Å². The number of benzene rings is 1. The van der Waals surface area contributed by atoms with E-state index >= 15 is 0 Å². The summed E-state index contributed by atoms with van der Waals surface area (Å²) in [5, 5.41) is 11.5. The van der Waals surface area contributed by atoms with Gasteiger partial charge in [-0.1, -0.05) is 0 Å². The van der Waals surface area contributed by atoms with Gasteiger partial charge in [0.2, 0.25) is 0 Å². The lowest BCUT2D eigenvalue weighted by Gasteiger charge is -2.13. The standard InChI is InChI=1S/C15H22N4O2/c1-5-20-13-8-7-12(9-14(13)21-6-2)16-10-15-18-17-11(3)19(15)4/h7-9,16H,5-6,10H2,1-4H3. The molecule has 1 aromatic carbocycles. The largest absolute Gasteiger partial charge is 0.490 e. The van der Waals surface area contributed by atoms with Gasteiger partial charge < -0.3 is 19.4 Å². The van der Waals surface area contributed by atoms with Crippen LogP contribution in [0.15, 0.2) is 18.2 Å². The van der Waals surface area contributed by atoms with E-state index < -0.39 is 0 Å². The van der Waals surface area contributed by atoms with E-state index in [1.165, 1.54) is 0 Å². The number of anilines is 1. The Morgan fingerprint density at radius 2 is 1.81 bits per heavy atom. The van der Waals surface area contributed by atoms with Crippen LogP contribution in [0.4, 0.5) is 5.69 Å². The van der Waals surface area contributed by atoms with Crippen LogP contribution in [0.2, 0.25) is 0 Å². The summed E-state index contributed by atoms with van der Waals surface area (Å²) in [5.74, 6) is 3.30. The molecule has 0 aliphatic carbocycles. The van der Waals surface area contributed by atoms with Gasteiger partial charge in [-0.05, 0) is 32.9 Å². The monoisotopic (exact) mass is 290 g/mol. The number of aromatic nitrogens is 3. The second-order valence-corrected chi connectivity index (χ2v) is 4.60. The van der Waals surface area contributed by atoms with E-state index in [2.05, 4.69) is 15.5 Å². The fourth-order valence-corrected chi connectivity index (χ4v) is 1.95. The maximum atomic E-state index is 5.61. The maximum absolute atomic E-state index is 5.61. The van der Waals surface area contributed by atoms with Crippen molar-refractivity contribution in [3.63, 3.8) is 0 Å². The Hall–Kier alpha value is -2.24. The van der Waals surface area contributed by atoms with E-state index in [0.29, 0.717) is 19.8 Å². The molecule has 0 unspecified atom stereocenters. The van der Waals surface area contributed by atoms with Crippen LogP contribution in [0.1, 0.15) is 25.5 Å². The Morgan fingerprint density at radius 1 is 1.10 bits per heavy atom. The van der Waals surface area contributed by atoms with Gasteiger partial charge in [0.05, 0.1) is 19.8 Å². The van der Waals surface area contributed by atoms with E-state index in [9.17, 15) is 0 Å². The van der Waals surface area contributed by atoms with Crippen molar-refractivity contribution in [3.05, 3.63) is 29.8 Å². The first-order valence-electron chi connectivity index (χ1n) is 7.14. The predicted octanol–water partition coefficient (Wildman–Crippen LogP) is 2.53. The quantitative estimate of drug-likeness (QED) is 0.849. The predicted molar refractivity (Wildman–Crippen MR) is 81.8 cm³/mol. The molecular weight excluding hydrogens is 268 g/mol. The van der Waals surface area contributed by atoms with Gasteiger partial charge in [-0.15, -0.1) is 10.2 Å². The number of nitrogens with zero attached hydrogens (tertiary/aromatic N) is 3. The first kappa shape index (κ1) is 15.2. The lowest BCUT2D eigenvalue weighted by atomic mass is 10.2. The molecule has 0 atom stereocenters. The van der Waals surface area contributed by atoms with E-state index in [4.69, 9.17) is 9.47 Å². The van der Waals surface area contributed by atoms with Crippen molar-refractivity contribution in [2.75, 3.05) is 18.5 Å². The Balaban J connectivity index is 2.09. The first-order chi connectivity index (χ1) is 10.2. The summed E-state index contributed by atoms with van der Waals surface area (Å²) in [6, 6.07) is 5.83. The maximum Gasteiger partial charge on any atom is 0.163 e. The SMILES string of the molecule is CCOc1ccc(NCc2nnc(C)n2C)cc1OCC. The average Bonchev–Trinajstić information content (AvgIpc) is 2.79. The summed E-state index contributed by atoms with van der Waals surface area (Å²) < 4.78 is 13.1. The lowest BCUT2D eigenvalue weighted by Crippen LogP contribution is -2.07. The van der Waals surface area contributed by atoms with Gasteiger partial charge in [-0.25, -0.2) is 0 Å². The van der Waals surface area contributed by atoms with Gasteiger partial charge in [-0.3, -0.25) is 0 Å². The molecule has 0 bridgehead atoms. The Labute approximate surface area is 125 Å². The summed E-state index contributed by atoms with van der Waals surface area (Å²) in [5.41, 5.74) is 0.961. The molecule has 2 aromatic rings. The van der Waals surface area contributed by atoms with Crippen molar-refractivity contribution in [2.45, 2.75) is 27.3 Å². The molecule has 6 nitrogen and oxygen atoms in total. The van der Waals surface area contributed by atoms with Gasteiger partial charge in [0.15, 0.2) is 17.3 Å². The first-order valence-corrected chi connectivity index (χ1v) is 7.14. The Bertz CT molecular complexity index is 595. The molecule has 1 N–H and O–H groups in total. The van der Waals surface area contributed by atoms with Crippen LogP contribution >= 0.6 is 0 Å². The molecule has 114 valence electrons. The topological polar surface area (TPSA) is 61.2 Å². The van der Waals surface area contributed by atoms with Gasteiger partial charge >= 0.3 is 0 Å². The third-order valence-electron chi connectivity index (χ3n) is 3.18. The van der Waals surface area contributed by atoms with E-state index in [0.717, 1.165) is 28.8 Å². The van der Waals surface area contributed by atoms with Crippen molar-refractivity contribution in [3.8, 4) is 11.5 Å². The van der Waals surface area contributed by atoms with Gasteiger partial charge in [0.25, 0.3) is 0 Å². The van der Waals surface area contributed by atoms with Crippen LogP contribution in [0, 0.1) is 6.92 Å². The summed E-state index contributed by atoms with van der Waals surface area (Å²) in [6.07, 6.45) is 0. The van der Waals surface area contributed by atoms with E-state index in [1.807, 2.05) is 50.6 Å². The zero-order valence-electron chi connectivity index (χ0n) is 13.0. The van der Waals surface area contributed by atoms with Crippen molar-refractivity contribution in [1.29, 1.82) is 0 Å². The summed E-state index contributed by atoms with van der Waals surface area (Å²) in [4.78, 5) is 0. The molecule has 2 rings (SSSR count). The number of hydrogen-bond donors (Lipinski definition) is 1. The van der Waals surface area contributed by atoms with Gasteiger partial charge in [-0.2, -0.15) is 0 Å². The van der Waals surface area contributed by atoms with Gasteiger partial charge in [0, 0.05) is 18.8 Å². The molecule has 0 aliphatic rings. The summed E-state index contributed by atoms with van der Waals surface area (Å²) in [7, 11) is 1.95. The number of ether oxygens (including phenoxy) is 2. The Kier molecular flexibility index (Phi) is 5.03. The summed E-state index contributed by atoms with van der Waals surface area (Å²) in [6.45, 7) is 7.67. The molecule has 6 heteroatoms. The molecule has 0 spiro atoms. The minimum atomic E-state index is 0.603. The normalized spacial score (nSPS) is 10.5. The van der Waals surface area contributed by atoms with Crippen molar-refractivity contribution < 1.29 is 9.47 Å². The van der Waals surface area contributed by atoms with Crippen LogP contribution in [0.3, 0.4) is 0 Å². The third-order valence-corrected chi connectivity index (χ3v) is 3.18. The minimum absolute atomic E-state index is 0.603. The molecule has 0 amide bonds. The molecular formula is C15H22N4O2. The highest BCUT2D eigenvalue weighted by Crippen LogP contribution is 2.30. The molecule has 0 radical (unpaired) electrons. The number of aryl methyl sites for hydroxylation is 1. The molecule has 0 fully saturated rings. The fourth-order valence-electron chi connectivity index (χ4n) is 1.95. The van der Waals surface area contributed by atoms with Crippen molar-refractivity contribution >= 4 is 5.69 Å². The van der Waals surface area contributed by atoms with Gasteiger partial charge in [0.1, 0.15) is 5.82 Å². The number of rotatable bonds is 7. The summed E-state index contributed by atoms with van der Waals surface area (Å²) >= 11 is 0. The van der Waals surface area contributed by atoms with Crippen LogP contribution in [-0.2, 0) is 13.6 Å². The smallest absolute Gasteiger partial charge is 0.163 e. The molecule has 1 aromatic heterocycles. The zero-order chi connectivity index (χ0) is 15.2. The number of nitrogens with one attached hydrogen (secondary N) is 1. The van der Waals surface area contributed by atoms with E-state index in [-0.39, 0.29) is 0 Å². The molecule has 0 saturated carbocycles. The average molecular weight is 290 g/mol. The third kappa shape index (κ3) is 3.65. The number of hydrogen-bond acceptors (Lipinski definition) is 5. The highest BCUT2D eigenvalue weighted by atomic mass is 16.5. The van der Waals surface area contributed by atoms with Crippen LogP contribution < -0.4 is 14.8 Å². The molecule has 0 aliphatic heterocycles.